The summed E-state index contributed by atoms with van der Waals surface area (Å²) in [6.07, 6.45) is 0. The van der Waals surface area contributed by atoms with Crippen LogP contribution in [0.4, 0.5) is 0 Å². The third-order valence-corrected chi connectivity index (χ3v) is 7.58. The summed E-state index contributed by atoms with van der Waals surface area (Å²) in [6.45, 7) is 0. The molecular formula is C30H30O4S. The Bertz CT molecular complexity index is 995. The van der Waals surface area contributed by atoms with Gasteiger partial charge in [-0.2, -0.15) is 0 Å². The maximum absolute atomic E-state index is 5.40. The Labute approximate surface area is 211 Å². The third kappa shape index (κ3) is 5.92. The first kappa shape index (κ1) is 24.6. The van der Waals surface area contributed by atoms with Crippen LogP contribution in [0.15, 0.2) is 97.1 Å². The van der Waals surface area contributed by atoms with E-state index in [1.54, 1.807) is 28.4 Å². The average Bonchev–Trinajstić information content (AvgIpc) is 2.94. The largest absolute Gasteiger partial charge is 0.497 e. The lowest BCUT2D eigenvalue weighted by Crippen LogP contribution is -2.04. The Hall–Kier alpha value is -3.57. The number of hydrogen-bond acceptors (Lipinski definition) is 5. The molecule has 0 heterocycles. The molecule has 4 rings (SSSR count). The zero-order valence-corrected chi connectivity index (χ0v) is 21.3. The molecule has 0 unspecified atom stereocenters. The summed E-state index contributed by atoms with van der Waals surface area (Å²) < 4.78 is 21.6. The Kier molecular flexibility index (Phi) is 8.22. The fraction of sp³-hybridized carbons (Fsp3) is 0.200. The Morgan fingerprint density at radius 3 is 0.743 bits per heavy atom. The van der Waals surface area contributed by atoms with Gasteiger partial charge in [-0.1, -0.05) is 48.5 Å². The van der Waals surface area contributed by atoms with Gasteiger partial charge >= 0.3 is 0 Å². The smallest absolute Gasteiger partial charge is 0.118 e. The van der Waals surface area contributed by atoms with Crippen molar-refractivity contribution in [3.63, 3.8) is 0 Å². The van der Waals surface area contributed by atoms with Crippen LogP contribution in [0.3, 0.4) is 0 Å². The molecule has 0 radical (unpaired) electrons. The van der Waals surface area contributed by atoms with Crippen LogP contribution in [-0.2, 0) is 0 Å². The van der Waals surface area contributed by atoms with E-state index in [9.17, 15) is 0 Å². The Morgan fingerprint density at radius 1 is 0.371 bits per heavy atom. The van der Waals surface area contributed by atoms with E-state index >= 15 is 0 Å². The molecule has 0 amide bonds. The highest BCUT2D eigenvalue weighted by Crippen LogP contribution is 2.48. The summed E-state index contributed by atoms with van der Waals surface area (Å²) in [6, 6.07) is 33.2. The summed E-state index contributed by atoms with van der Waals surface area (Å²) >= 11 is 1.89. The van der Waals surface area contributed by atoms with Crippen molar-refractivity contribution in [2.45, 2.75) is 10.5 Å². The number of thioether (sulfide) groups is 1. The van der Waals surface area contributed by atoms with Crippen molar-refractivity contribution in [2.24, 2.45) is 0 Å². The normalized spacial score (nSPS) is 10.9. The fourth-order valence-electron chi connectivity index (χ4n) is 3.95. The minimum absolute atomic E-state index is 0.0843. The molecule has 35 heavy (non-hydrogen) atoms. The number of methoxy groups -OCH3 is 4. The molecule has 0 spiro atoms. The van der Waals surface area contributed by atoms with Crippen LogP contribution >= 0.6 is 11.8 Å². The molecule has 4 aromatic carbocycles. The summed E-state index contributed by atoms with van der Waals surface area (Å²) in [4.78, 5) is 0. The highest BCUT2D eigenvalue weighted by Gasteiger charge is 2.24. The van der Waals surface area contributed by atoms with Gasteiger partial charge in [0.25, 0.3) is 0 Å². The lowest BCUT2D eigenvalue weighted by atomic mass is 10.0. The van der Waals surface area contributed by atoms with Crippen LogP contribution in [0.1, 0.15) is 32.8 Å². The summed E-state index contributed by atoms with van der Waals surface area (Å²) in [5.41, 5.74) is 4.81. The molecule has 0 fully saturated rings. The molecule has 0 atom stereocenters. The third-order valence-electron chi connectivity index (χ3n) is 5.95. The zero-order chi connectivity index (χ0) is 24.6. The van der Waals surface area contributed by atoms with Gasteiger partial charge in [-0.25, -0.2) is 0 Å². The molecule has 0 aliphatic carbocycles. The first-order valence-electron chi connectivity index (χ1n) is 11.4. The fourth-order valence-corrected chi connectivity index (χ4v) is 5.48. The summed E-state index contributed by atoms with van der Waals surface area (Å²) in [7, 11) is 6.75. The van der Waals surface area contributed by atoms with Gasteiger partial charge in [0, 0.05) is 0 Å². The number of benzene rings is 4. The van der Waals surface area contributed by atoms with Crippen molar-refractivity contribution in [3.05, 3.63) is 119 Å². The minimum atomic E-state index is 0.0843. The van der Waals surface area contributed by atoms with Crippen LogP contribution in [0.25, 0.3) is 0 Å². The van der Waals surface area contributed by atoms with E-state index in [2.05, 4.69) is 48.5 Å². The van der Waals surface area contributed by atoms with Crippen molar-refractivity contribution >= 4 is 11.8 Å². The second-order valence-electron chi connectivity index (χ2n) is 7.99. The van der Waals surface area contributed by atoms with E-state index in [0.29, 0.717) is 0 Å². The van der Waals surface area contributed by atoms with Gasteiger partial charge in [-0.15, -0.1) is 11.8 Å². The maximum Gasteiger partial charge on any atom is 0.118 e. The average molecular weight is 487 g/mol. The first-order chi connectivity index (χ1) is 17.1. The number of rotatable bonds is 10. The van der Waals surface area contributed by atoms with Gasteiger partial charge in [-0.3, -0.25) is 0 Å². The molecule has 0 bridgehead atoms. The first-order valence-corrected chi connectivity index (χ1v) is 12.3. The van der Waals surface area contributed by atoms with E-state index in [1.165, 1.54) is 22.3 Å². The van der Waals surface area contributed by atoms with E-state index in [1.807, 2.05) is 60.3 Å². The van der Waals surface area contributed by atoms with Crippen LogP contribution in [0.5, 0.6) is 23.0 Å². The monoisotopic (exact) mass is 486 g/mol. The van der Waals surface area contributed by atoms with E-state index in [4.69, 9.17) is 18.9 Å². The van der Waals surface area contributed by atoms with Gasteiger partial charge in [-0.05, 0) is 70.8 Å². The quantitative estimate of drug-likeness (QED) is 0.234. The van der Waals surface area contributed by atoms with Gasteiger partial charge in [0.2, 0.25) is 0 Å². The Morgan fingerprint density at radius 2 is 0.571 bits per heavy atom. The van der Waals surface area contributed by atoms with Crippen molar-refractivity contribution in [1.82, 2.24) is 0 Å². The van der Waals surface area contributed by atoms with Crippen molar-refractivity contribution in [2.75, 3.05) is 28.4 Å². The zero-order valence-electron chi connectivity index (χ0n) is 20.4. The van der Waals surface area contributed by atoms with Gasteiger partial charge in [0.1, 0.15) is 23.0 Å². The van der Waals surface area contributed by atoms with Crippen LogP contribution in [-0.4, -0.2) is 28.4 Å². The molecule has 0 aliphatic heterocycles. The molecule has 180 valence electrons. The highest BCUT2D eigenvalue weighted by molar-refractivity contribution is 8.00. The van der Waals surface area contributed by atoms with Gasteiger partial charge in [0.05, 0.1) is 38.9 Å². The second kappa shape index (κ2) is 11.7. The second-order valence-corrected chi connectivity index (χ2v) is 9.20. The summed E-state index contributed by atoms with van der Waals surface area (Å²) in [5, 5.41) is 0.169. The van der Waals surface area contributed by atoms with Crippen LogP contribution in [0.2, 0.25) is 0 Å². The van der Waals surface area contributed by atoms with Crippen molar-refractivity contribution in [1.29, 1.82) is 0 Å². The SMILES string of the molecule is COc1ccc(C(SC(c2ccc(OC)cc2)c2ccc(OC)cc2)c2ccc(OC)cc2)cc1. The molecule has 0 saturated carbocycles. The van der Waals surface area contributed by atoms with E-state index in [0.717, 1.165) is 23.0 Å². The van der Waals surface area contributed by atoms with Crippen molar-refractivity contribution in [3.8, 4) is 23.0 Å². The lowest BCUT2D eigenvalue weighted by molar-refractivity contribution is 0.414. The molecule has 0 aromatic heterocycles. The molecule has 0 N–H and O–H groups in total. The Balaban J connectivity index is 1.77. The van der Waals surface area contributed by atoms with Crippen LogP contribution in [0, 0.1) is 0 Å². The molecular weight excluding hydrogens is 456 g/mol. The summed E-state index contributed by atoms with van der Waals surface area (Å²) in [5.74, 6) is 3.37. The molecule has 4 nitrogen and oxygen atoms in total. The number of ether oxygens (including phenoxy) is 4. The highest BCUT2D eigenvalue weighted by atomic mass is 32.2. The van der Waals surface area contributed by atoms with E-state index < -0.39 is 0 Å². The van der Waals surface area contributed by atoms with Crippen LogP contribution < -0.4 is 18.9 Å². The minimum Gasteiger partial charge on any atom is -0.497 e. The predicted molar refractivity (Wildman–Crippen MR) is 143 cm³/mol. The molecule has 0 aliphatic rings. The molecule has 4 aromatic rings. The van der Waals surface area contributed by atoms with E-state index in [-0.39, 0.29) is 10.5 Å². The topological polar surface area (TPSA) is 36.9 Å². The molecule has 0 saturated heterocycles. The van der Waals surface area contributed by atoms with Gasteiger partial charge < -0.3 is 18.9 Å². The van der Waals surface area contributed by atoms with Gasteiger partial charge in [0.15, 0.2) is 0 Å². The lowest BCUT2D eigenvalue weighted by Gasteiger charge is -2.26. The standard InChI is InChI=1S/C30H30O4S/c1-31-25-13-5-21(6-14-25)29(22-7-15-26(32-2)16-8-22)35-30(23-9-17-27(33-3)18-10-23)24-11-19-28(34-4)20-12-24/h5-20,29-30H,1-4H3. The van der Waals surface area contributed by atoms with Crippen molar-refractivity contribution < 1.29 is 18.9 Å². The maximum atomic E-state index is 5.40. The molecule has 5 heteroatoms. The number of hydrogen-bond donors (Lipinski definition) is 0. The predicted octanol–water partition coefficient (Wildman–Crippen LogP) is 7.33.